The summed E-state index contributed by atoms with van der Waals surface area (Å²) in [6.45, 7) is 3.89. The standard InChI is InChI=1S/C24H29N3O3/c1-4-15(2)22(24(25)29)27-21(28)14-13-19-18-7-5-6-8-20(18)26-23(19)16-9-11-17(30-3)12-10-16/h5-12,15,22,26H,4,13-14H2,1-3H3,(H2,25,29)(H,27,28). The van der Waals surface area contributed by atoms with Crippen molar-refractivity contribution in [1.29, 1.82) is 0 Å². The summed E-state index contributed by atoms with van der Waals surface area (Å²) in [5.41, 5.74) is 9.59. The van der Waals surface area contributed by atoms with Crippen LogP contribution in [0.15, 0.2) is 48.5 Å². The molecular formula is C24H29N3O3. The summed E-state index contributed by atoms with van der Waals surface area (Å²) in [4.78, 5) is 27.8. The number of nitrogens with two attached hydrogens (primary N) is 1. The molecule has 4 N–H and O–H groups in total. The van der Waals surface area contributed by atoms with E-state index < -0.39 is 11.9 Å². The molecule has 2 atom stereocenters. The maximum Gasteiger partial charge on any atom is 0.240 e. The summed E-state index contributed by atoms with van der Waals surface area (Å²) in [5, 5.41) is 3.90. The molecule has 3 aromatic rings. The highest BCUT2D eigenvalue weighted by Gasteiger charge is 2.24. The molecule has 2 amide bonds. The van der Waals surface area contributed by atoms with Crippen LogP contribution in [0, 0.1) is 5.92 Å². The van der Waals surface area contributed by atoms with Gasteiger partial charge in [0.2, 0.25) is 11.8 Å². The van der Waals surface area contributed by atoms with E-state index in [-0.39, 0.29) is 18.2 Å². The number of H-pyrrole nitrogens is 1. The van der Waals surface area contributed by atoms with E-state index in [1.807, 2.05) is 56.3 Å². The Morgan fingerprint density at radius 3 is 2.47 bits per heavy atom. The van der Waals surface area contributed by atoms with Gasteiger partial charge in [-0.25, -0.2) is 0 Å². The molecule has 0 bridgehead atoms. The zero-order chi connectivity index (χ0) is 21.7. The third-order valence-electron chi connectivity index (χ3n) is 5.63. The summed E-state index contributed by atoms with van der Waals surface area (Å²) in [6, 6.07) is 15.2. The van der Waals surface area contributed by atoms with Crippen molar-refractivity contribution in [3.8, 4) is 17.0 Å². The molecule has 0 aliphatic heterocycles. The van der Waals surface area contributed by atoms with Gasteiger partial charge in [-0.1, -0.05) is 38.5 Å². The Labute approximate surface area is 176 Å². The number of carbonyl (C=O) groups excluding carboxylic acids is 2. The van der Waals surface area contributed by atoms with Crippen LogP contribution in [0.5, 0.6) is 5.75 Å². The number of para-hydroxylation sites is 1. The third kappa shape index (κ3) is 4.64. The molecule has 1 aromatic heterocycles. The van der Waals surface area contributed by atoms with Gasteiger partial charge in [0, 0.05) is 23.0 Å². The number of methoxy groups -OCH3 is 1. The fourth-order valence-corrected chi connectivity index (χ4v) is 3.68. The van der Waals surface area contributed by atoms with Crippen LogP contribution in [-0.4, -0.2) is 29.9 Å². The third-order valence-corrected chi connectivity index (χ3v) is 5.63. The lowest BCUT2D eigenvalue weighted by molar-refractivity contribution is -0.128. The maximum atomic E-state index is 12.6. The molecule has 1 heterocycles. The second kappa shape index (κ2) is 9.48. The largest absolute Gasteiger partial charge is 0.497 e. The maximum absolute atomic E-state index is 12.6. The lowest BCUT2D eigenvalue weighted by atomic mass is 9.97. The smallest absolute Gasteiger partial charge is 0.240 e. The first-order chi connectivity index (χ1) is 14.4. The van der Waals surface area contributed by atoms with E-state index >= 15 is 0 Å². The minimum absolute atomic E-state index is 0.00519. The summed E-state index contributed by atoms with van der Waals surface area (Å²) >= 11 is 0. The predicted octanol–water partition coefficient (Wildman–Crippen LogP) is 3.79. The number of rotatable bonds is 9. The molecule has 30 heavy (non-hydrogen) atoms. The van der Waals surface area contributed by atoms with Crippen molar-refractivity contribution in [2.75, 3.05) is 7.11 Å². The molecule has 0 radical (unpaired) electrons. The second-order valence-electron chi connectivity index (χ2n) is 7.59. The van der Waals surface area contributed by atoms with E-state index in [0.29, 0.717) is 6.42 Å². The van der Waals surface area contributed by atoms with Gasteiger partial charge in [-0.3, -0.25) is 9.59 Å². The second-order valence-corrected chi connectivity index (χ2v) is 7.59. The normalized spacial score (nSPS) is 13.0. The minimum Gasteiger partial charge on any atom is -0.497 e. The molecule has 0 fully saturated rings. The van der Waals surface area contributed by atoms with E-state index in [9.17, 15) is 9.59 Å². The van der Waals surface area contributed by atoms with E-state index in [2.05, 4.69) is 16.4 Å². The molecule has 2 unspecified atom stereocenters. The summed E-state index contributed by atoms with van der Waals surface area (Å²) < 4.78 is 5.26. The average Bonchev–Trinajstić information content (AvgIpc) is 3.14. The first-order valence-corrected chi connectivity index (χ1v) is 10.3. The number of ether oxygens (including phenoxy) is 1. The van der Waals surface area contributed by atoms with Crippen LogP contribution in [0.2, 0.25) is 0 Å². The highest BCUT2D eigenvalue weighted by Crippen LogP contribution is 2.32. The van der Waals surface area contributed by atoms with Crippen LogP contribution in [0.1, 0.15) is 32.3 Å². The Kier molecular flexibility index (Phi) is 6.77. The molecule has 0 aliphatic rings. The number of benzene rings is 2. The van der Waals surface area contributed by atoms with Gasteiger partial charge >= 0.3 is 0 Å². The molecule has 0 saturated carbocycles. The zero-order valence-corrected chi connectivity index (χ0v) is 17.7. The van der Waals surface area contributed by atoms with Crippen molar-refractivity contribution >= 4 is 22.7 Å². The monoisotopic (exact) mass is 407 g/mol. The number of hydrogen-bond donors (Lipinski definition) is 3. The molecule has 2 aromatic carbocycles. The molecule has 6 heteroatoms. The first-order valence-electron chi connectivity index (χ1n) is 10.3. The van der Waals surface area contributed by atoms with Crippen LogP contribution < -0.4 is 15.8 Å². The van der Waals surface area contributed by atoms with Gasteiger partial charge in [-0.05, 0) is 53.8 Å². The van der Waals surface area contributed by atoms with E-state index in [4.69, 9.17) is 10.5 Å². The molecule has 0 aliphatic carbocycles. The number of aromatic amines is 1. The van der Waals surface area contributed by atoms with Crippen molar-refractivity contribution in [2.45, 2.75) is 39.2 Å². The van der Waals surface area contributed by atoms with Gasteiger partial charge in [0.25, 0.3) is 0 Å². The number of amides is 2. The van der Waals surface area contributed by atoms with Crippen molar-refractivity contribution in [2.24, 2.45) is 11.7 Å². The number of primary amides is 1. The fourth-order valence-electron chi connectivity index (χ4n) is 3.68. The number of nitrogens with one attached hydrogen (secondary N) is 2. The SMILES string of the molecule is CCC(C)C(NC(=O)CCc1c(-c2ccc(OC)cc2)[nH]c2ccccc12)C(N)=O. The molecule has 6 nitrogen and oxygen atoms in total. The van der Waals surface area contributed by atoms with Gasteiger partial charge in [0.1, 0.15) is 11.8 Å². The van der Waals surface area contributed by atoms with Gasteiger partial charge in [0.15, 0.2) is 0 Å². The highest BCUT2D eigenvalue weighted by molar-refractivity contribution is 5.92. The van der Waals surface area contributed by atoms with E-state index in [0.717, 1.165) is 39.9 Å². The van der Waals surface area contributed by atoms with Crippen molar-refractivity contribution in [3.63, 3.8) is 0 Å². The first kappa shape index (κ1) is 21.4. The molecule has 3 rings (SSSR count). The Balaban J connectivity index is 1.84. The molecular weight excluding hydrogens is 378 g/mol. The Morgan fingerprint density at radius 2 is 1.83 bits per heavy atom. The molecule has 0 spiro atoms. The quantitative estimate of drug-likeness (QED) is 0.503. The molecule has 0 saturated heterocycles. The summed E-state index contributed by atoms with van der Waals surface area (Å²) in [5.74, 6) is 0.113. The summed E-state index contributed by atoms with van der Waals surface area (Å²) in [6.07, 6.45) is 1.58. The van der Waals surface area contributed by atoms with Crippen LogP contribution in [0.4, 0.5) is 0 Å². The lowest BCUT2D eigenvalue weighted by Gasteiger charge is -2.21. The minimum atomic E-state index is -0.647. The number of fused-ring (bicyclic) bond motifs is 1. The van der Waals surface area contributed by atoms with Crippen LogP contribution in [0.3, 0.4) is 0 Å². The number of carbonyl (C=O) groups is 2. The summed E-state index contributed by atoms with van der Waals surface area (Å²) in [7, 11) is 1.64. The number of aromatic nitrogens is 1. The fraction of sp³-hybridized carbons (Fsp3) is 0.333. The van der Waals surface area contributed by atoms with E-state index in [1.54, 1.807) is 7.11 Å². The predicted molar refractivity (Wildman–Crippen MR) is 119 cm³/mol. The van der Waals surface area contributed by atoms with Gasteiger partial charge < -0.3 is 20.8 Å². The van der Waals surface area contributed by atoms with Gasteiger partial charge in [-0.2, -0.15) is 0 Å². The van der Waals surface area contributed by atoms with Crippen molar-refractivity contribution < 1.29 is 14.3 Å². The average molecular weight is 408 g/mol. The van der Waals surface area contributed by atoms with Crippen LogP contribution >= 0.6 is 0 Å². The highest BCUT2D eigenvalue weighted by atomic mass is 16.5. The number of hydrogen-bond acceptors (Lipinski definition) is 3. The molecule has 158 valence electrons. The Hall–Kier alpha value is -3.28. The van der Waals surface area contributed by atoms with Gasteiger partial charge in [0.05, 0.1) is 7.11 Å². The van der Waals surface area contributed by atoms with Crippen LogP contribution in [-0.2, 0) is 16.0 Å². The van der Waals surface area contributed by atoms with Crippen molar-refractivity contribution in [1.82, 2.24) is 10.3 Å². The Bertz CT molecular complexity index is 1020. The topological polar surface area (TPSA) is 97.2 Å². The number of aryl methyl sites for hydroxylation is 1. The van der Waals surface area contributed by atoms with E-state index in [1.165, 1.54) is 0 Å². The zero-order valence-electron chi connectivity index (χ0n) is 17.7. The Morgan fingerprint density at radius 1 is 1.13 bits per heavy atom. The van der Waals surface area contributed by atoms with Crippen molar-refractivity contribution in [3.05, 3.63) is 54.1 Å². The van der Waals surface area contributed by atoms with Gasteiger partial charge in [-0.15, -0.1) is 0 Å². The lowest BCUT2D eigenvalue weighted by Crippen LogP contribution is -2.48. The van der Waals surface area contributed by atoms with Crippen LogP contribution in [0.25, 0.3) is 22.2 Å².